The van der Waals surface area contributed by atoms with Crippen LogP contribution in [-0.2, 0) is 5.60 Å². The highest BCUT2D eigenvalue weighted by Crippen LogP contribution is 2.46. The number of hydrogen-bond acceptors (Lipinski definition) is 1. The number of aliphatic hydroxyl groups is 1. The molecule has 2 bridgehead atoms. The highest BCUT2D eigenvalue weighted by atomic mass is 16.3. The van der Waals surface area contributed by atoms with E-state index in [2.05, 4.69) is 76.5 Å². The second-order valence-corrected chi connectivity index (χ2v) is 9.90. The predicted octanol–water partition coefficient (Wildman–Crippen LogP) is 5.34. The standard InChI is InChI=1S/C26H36NO/c1-19-10-5-7-14-24(19)26(28,25-15-8-6-11-20(25)2)18-21-16-22-12-9-13-23(17-21)27(22,3)4/h5-8,10-11,14-15,21-23,28H,9,12-13,16-18H2,1-4H3/q+1/t21?,22-,23+. The van der Waals surface area contributed by atoms with E-state index in [1.165, 1.54) is 47.7 Å². The van der Waals surface area contributed by atoms with E-state index in [1.807, 2.05) is 0 Å². The third kappa shape index (κ3) is 3.31. The van der Waals surface area contributed by atoms with Crippen molar-refractivity contribution in [1.82, 2.24) is 0 Å². The summed E-state index contributed by atoms with van der Waals surface area (Å²) in [6.07, 6.45) is 7.37. The first-order valence-corrected chi connectivity index (χ1v) is 11.0. The summed E-state index contributed by atoms with van der Waals surface area (Å²) < 4.78 is 1.18. The van der Waals surface area contributed by atoms with Gasteiger partial charge < -0.3 is 9.59 Å². The Bertz CT molecular complexity index is 778. The number of piperidine rings is 2. The number of quaternary nitrogens is 1. The molecule has 2 nitrogen and oxygen atoms in total. The summed E-state index contributed by atoms with van der Waals surface area (Å²) in [5, 5.41) is 12.3. The summed E-state index contributed by atoms with van der Waals surface area (Å²) in [7, 11) is 4.86. The summed E-state index contributed by atoms with van der Waals surface area (Å²) in [6.45, 7) is 4.27. The van der Waals surface area contributed by atoms with Crippen LogP contribution < -0.4 is 0 Å². The summed E-state index contributed by atoms with van der Waals surface area (Å²) in [5.74, 6) is 0.575. The molecule has 1 unspecified atom stereocenters. The zero-order valence-corrected chi connectivity index (χ0v) is 18.0. The minimum Gasteiger partial charge on any atom is -0.380 e. The molecule has 4 rings (SSSR count). The Morgan fingerprint density at radius 3 is 1.79 bits per heavy atom. The van der Waals surface area contributed by atoms with Crippen LogP contribution in [0.3, 0.4) is 0 Å². The van der Waals surface area contributed by atoms with Crippen LogP contribution >= 0.6 is 0 Å². The van der Waals surface area contributed by atoms with Crippen LogP contribution in [0.15, 0.2) is 48.5 Å². The Kier molecular flexibility index (Phi) is 5.14. The van der Waals surface area contributed by atoms with E-state index in [0.29, 0.717) is 5.92 Å². The molecule has 0 amide bonds. The molecule has 0 aliphatic carbocycles. The zero-order valence-electron chi connectivity index (χ0n) is 18.0. The first-order valence-electron chi connectivity index (χ1n) is 11.0. The Morgan fingerprint density at radius 1 is 0.857 bits per heavy atom. The lowest BCUT2D eigenvalue weighted by Crippen LogP contribution is -2.62. The third-order valence-electron chi connectivity index (χ3n) is 7.93. The molecule has 2 aliphatic rings. The molecule has 28 heavy (non-hydrogen) atoms. The minimum absolute atomic E-state index is 0.575. The van der Waals surface area contributed by atoms with Crippen molar-refractivity contribution in [2.75, 3.05) is 14.1 Å². The van der Waals surface area contributed by atoms with Crippen LogP contribution in [0.5, 0.6) is 0 Å². The van der Waals surface area contributed by atoms with Crippen LogP contribution in [0.4, 0.5) is 0 Å². The fourth-order valence-electron chi connectivity index (χ4n) is 6.22. The molecule has 150 valence electrons. The van der Waals surface area contributed by atoms with Crippen molar-refractivity contribution < 1.29 is 9.59 Å². The molecule has 2 heteroatoms. The molecular weight excluding hydrogens is 342 g/mol. The van der Waals surface area contributed by atoms with E-state index in [-0.39, 0.29) is 0 Å². The van der Waals surface area contributed by atoms with Gasteiger partial charge >= 0.3 is 0 Å². The molecule has 2 aromatic rings. The second-order valence-electron chi connectivity index (χ2n) is 9.90. The maximum absolute atomic E-state index is 12.3. The zero-order chi connectivity index (χ0) is 19.9. The van der Waals surface area contributed by atoms with Gasteiger partial charge in [-0.05, 0) is 67.7 Å². The smallest absolute Gasteiger partial charge is 0.115 e. The van der Waals surface area contributed by atoms with Crippen LogP contribution in [-0.4, -0.2) is 35.8 Å². The third-order valence-corrected chi connectivity index (χ3v) is 7.93. The molecule has 3 atom stereocenters. The number of hydrogen-bond donors (Lipinski definition) is 1. The highest BCUT2D eigenvalue weighted by Gasteiger charge is 2.48. The van der Waals surface area contributed by atoms with Gasteiger partial charge in [-0.15, -0.1) is 0 Å². The SMILES string of the molecule is Cc1ccccc1C(O)(CC1C[C@H]2CCC[C@@H](C1)[N+]2(C)C)c1ccccc1C. The Labute approximate surface area is 170 Å². The van der Waals surface area contributed by atoms with E-state index in [0.717, 1.165) is 29.6 Å². The van der Waals surface area contributed by atoms with Crippen molar-refractivity contribution in [3.63, 3.8) is 0 Å². The molecule has 2 aliphatic heterocycles. The van der Waals surface area contributed by atoms with Crippen LogP contribution in [0, 0.1) is 19.8 Å². The molecule has 2 heterocycles. The Hall–Kier alpha value is -1.64. The summed E-state index contributed by atoms with van der Waals surface area (Å²) >= 11 is 0. The molecule has 2 saturated heterocycles. The maximum Gasteiger partial charge on any atom is 0.115 e. The molecule has 2 aromatic carbocycles. The van der Waals surface area contributed by atoms with Crippen LogP contribution in [0.1, 0.15) is 60.8 Å². The van der Waals surface area contributed by atoms with Crippen molar-refractivity contribution in [2.24, 2.45) is 5.92 Å². The van der Waals surface area contributed by atoms with Gasteiger partial charge in [-0.1, -0.05) is 48.5 Å². The summed E-state index contributed by atoms with van der Waals surface area (Å²) in [6, 6.07) is 18.3. The average Bonchev–Trinajstić information content (AvgIpc) is 2.63. The van der Waals surface area contributed by atoms with Crippen LogP contribution in [0.2, 0.25) is 0 Å². The van der Waals surface area contributed by atoms with E-state index >= 15 is 0 Å². The summed E-state index contributed by atoms with van der Waals surface area (Å²) in [5.41, 5.74) is 3.60. The first kappa shape index (κ1) is 19.7. The normalized spacial score (nSPS) is 26.8. The molecule has 1 N–H and O–H groups in total. The van der Waals surface area contributed by atoms with Gasteiger partial charge in [0.2, 0.25) is 0 Å². The van der Waals surface area contributed by atoms with Crippen molar-refractivity contribution in [1.29, 1.82) is 0 Å². The molecular formula is C26H36NO+. The fraction of sp³-hybridized carbons (Fsp3) is 0.538. The lowest BCUT2D eigenvalue weighted by molar-refractivity contribution is -0.950. The van der Waals surface area contributed by atoms with Gasteiger partial charge in [-0.2, -0.15) is 0 Å². The largest absolute Gasteiger partial charge is 0.380 e. The van der Waals surface area contributed by atoms with Crippen LogP contribution in [0.25, 0.3) is 0 Å². The van der Waals surface area contributed by atoms with Gasteiger partial charge in [0.1, 0.15) is 5.60 Å². The number of benzene rings is 2. The number of nitrogens with zero attached hydrogens (tertiary/aromatic N) is 1. The average molecular weight is 379 g/mol. The maximum atomic E-state index is 12.3. The Morgan fingerprint density at radius 2 is 1.32 bits per heavy atom. The Balaban J connectivity index is 1.72. The molecule has 0 saturated carbocycles. The lowest BCUT2D eigenvalue weighted by Gasteiger charge is -2.54. The molecule has 0 spiro atoms. The quantitative estimate of drug-likeness (QED) is 0.712. The first-order chi connectivity index (χ1) is 13.3. The van der Waals surface area contributed by atoms with Gasteiger partial charge in [0.15, 0.2) is 0 Å². The van der Waals surface area contributed by atoms with Gasteiger partial charge in [0.05, 0.1) is 26.2 Å². The van der Waals surface area contributed by atoms with Crippen molar-refractivity contribution in [3.8, 4) is 0 Å². The van der Waals surface area contributed by atoms with Gasteiger partial charge in [-0.3, -0.25) is 0 Å². The predicted molar refractivity (Wildman–Crippen MR) is 116 cm³/mol. The topological polar surface area (TPSA) is 20.2 Å². The monoisotopic (exact) mass is 378 g/mol. The van der Waals surface area contributed by atoms with Crippen molar-refractivity contribution >= 4 is 0 Å². The molecule has 2 fully saturated rings. The lowest BCUT2D eigenvalue weighted by atomic mass is 9.69. The second kappa shape index (κ2) is 7.31. The van der Waals surface area contributed by atoms with Gasteiger partial charge in [0.25, 0.3) is 0 Å². The highest BCUT2D eigenvalue weighted by molar-refractivity contribution is 5.43. The molecule has 0 radical (unpaired) electrons. The van der Waals surface area contributed by atoms with Crippen molar-refractivity contribution in [2.45, 2.75) is 70.1 Å². The summed E-state index contributed by atoms with van der Waals surface area (Å²) in [4.78, 5) is 0. The van der Waals surface area contributed by atoms with E-state index in [4.69, 9.17) is 0 Å². The molecule has 0 aromatic heterocycles. The minimum atomic E-state index is -0.913. The van der Waals surface area contributed by atoms with E-state index < -0.39 is 5.60 Å². The van der Waals surface area contributed by atoms with E-state index in [9.17, 15) is 5.11 Å². The number of rotatable bonds is 4. The number of aryl methyl sites for hydroxylation is 2. The van der Waals surface area contributed by atoms with Gasteiger partial charge in [-0.25, -0.2) is 0 Å². The van der Waals surface area contributed by atoms with Gasteiger partial charge in [0, 0.05) is 12.8 Å². The van der Waals surface area contributed by atoms with E-state index in [1.54, 1.807) is 0 Å². The number of fused-ring (bicyclic) bond motifs is 2. The van der Waals surface area contributed by atoms with Crippen molar-refractivity contribution in [3.05, 3.63) is 70.8 Å². The fourth-order valence-corrected chi connectivity index (χ4v) is 6.22.